The van der Waals surface area contributed by atoms with Gasteiger partial charge in [-0.2, -0.15) is 0 Å². The second kappa shape index (κ2) is 38.9. The summed E-state index contributed by atoms with van der Waals surface area (Å²) < 4.78 is 62.5. The molecule has 0 saturated heterocycles. The number of unbranched alkanes of at least 4 members (excludes halogenated alkanes) is 30. The molecule has 0 spiro atoms. The molecule has 0 aromatic carbocycles. The Morgan fingerprint density at radius 1 is 0.289 bits per heavy atom. The first-order valence-corrected chi connectivity index (χ1v) is 22.1. The molecule has 0 saturated carbocycles. The van der Waals surface area contributed by atoms with E-state index >= 15 is 0 Å². The maximum Gasteiger partial charge on any atom is 2.00 e. The zero-order valence-corrected chi connectivity index (χ0v) is 34.6. The summed E-state index contributed by atoms with van der Waals surface area (Å²) in [6.07, 6.45) is 40.1. The van der Waals surface area contributed by atoms with E-state index in [4.69, 9.17) is 0 Å². The van der Waals surface area contributed by atoms with Crippen LogP contribution in [0.25, 0.3) is 0 Å². The maximum atomic E-state index is 10.4. The first-order chi connectivity index (χ1) is 21.1. The summed E-state index contributed by atoms with van der Waals surface area (Å²) in [5.41, 5.74) is 0. The van der Waals surface area contributed by atoms with Gasteiger partial charge in [-0.3, -0.25) is 0 Å². The Morgan fingerprint density at radius 2 is 0.422 bits per heavy atom. The summed E-state index contributed by atoms with van der Waals surface area (Å²) in [5, 5.41) is 0. The van der Waals surface area contributed by atoms with Crippen molar-refractivity contribution >= 4 is 20.2 Å². The van der Waals surface area contributed by atoms with Crippen LogP contribution < -0.4 is 0 Å². The van der Waals surface area contributed by atoms with Crippen LogP contribution in [0.15, 0.2) is 0 Å². The SMILES string of the molecule is CCCCCCCCCCCCCCCCCCS(=O)(=O)[O-].CCCCCCCCCCCCCCCCCCS(=O)(=O)[O-].[Zn+2]. The number of hydrogen-bond donors (Lipinski definition) is 0. The fraction of sp³-hybridized carbons (Fsp3) is 1.00. The quantitative estimate of drug-likeness (QED) is 0.0370. The minimum absolute atomic E-state index is 0. The van der Waals surface area contributed by atoms with E-state index < -0.39 is 20.2 Å². The molecule has 0 aliphatic heterocycles. The molecule has 0 heterocycles. The van der Waals surface area contributed by atoms with Gasteiger partial charge in [0, 0.05) is 11.5 Å². The van der Waals surface area contributed by atoms with Crippen LogP contribution >= 0.6 is 0 Å². The Labute approximate surface area is 295 Å². The van der Waals surface area contributed by atoms with Crippen LogP contribution in [0, 0.1) is 0 Å². The molecule has 0 radical (unpaired) electrons. The number of hydrogen-bond acceptors (Lipinski definition) is 6. The molecule has 0 N–H and O–H groups in total. The molecule has 0 aromatic heterocycles. The van der Waals surface area contributed by atoms with Gasteiger partial charge in [-0.25, -0.2) is 16.8 Å². The molecular formula is C36H74O6S2Zn. The van der Waals surface area contributed by atoms with Crippen molar-refractivity contribution in [3.63, 3.8) is 0 Å². The third-order valence-electron chi connectivity index (χ3n) is 8.50. The Morgan fingerprint density at radius 3 is 0.556 bits per heavy atom. The van der Waals surface area contributed by atoms with Crippen LogP contribution in [0.1, 0.15) is 219 Å². The van der Waals surface area contributed by atoms with Crippen LogP contribution in [0.4, 0.5) is 0 Å². The van der Waals surface area contributed by atoms with Crippen LogP contribution in [0.5, 0.6) is 0 Å². The Bertz CT molecular complexity index is 696. The molecule has 0 unspecified atom stereocenters. The zero-order valence-electron chi connectivity index (χ0n) is 30.0. The summed E-state index contributed by atoms with van der Waals surface area (Å²) in [7, 11) is -7.99. The monoisotopic (exact) mass is 730 g/mol. The molecule has 0 aliphatic rings. The molecule has 0 aliphatic carbocycles. The third-order valence-corrected chi connectivity index (χ3v) is 10.1. The van der Waals surface area contributed by atoms with Gasteiger partial charge in [0.15, 0.2) is 0 Å². The van der Waals surface area contributed by atoms with Crippen LogP contribution in [0.3, 0.4) is 0 Å². The summed E-state index contributed by atoms with van der Waals surface area (Å²) in [6, 6.07) is 0. The molecule has 45 heavy (non-hydrogen) atoms. The van der Waals surface area contributed by atoms with Gasteiger partial charge in [-0.05, 0) is 12.8 Å². The molecule has 268 valence electrons. The van der Waals surface area contributed by atoms with E-state index in [1.807, 2.05) is 0 Å². The predicted molar refractivity (Wildman–Crippen MR) is 188 cm³/mol. The molecule has 0 aromatic rings. The van der Waals surface area contributed by atoms with E-state index in [9.17, 15) is 25.9 Å². The molecule has 6 nitrogen and oxygen atoms in total. The van der Waals surface area contributed by atoms with E-state index in [0.717, 1.165) is 25.7 Å². The van der Waals surface area contributed by atoms with Crippen LogP contribution in [-0.2, 0) is 39.7 Å². The fourth-order valence-electron chi connectivity index (χ4n) is 5.65. The Balaban J connectivity index is -0.000000767. The normalized spacial score (nSPS) is 11.6. The standard InChI is InChI=1S/2C18H38O3S.Zn/c2*1-2-3-4-5-6-7-8-9-10-11-12-13-14-15-16-17-18-22(19,20)21;/h2*2-18H2,1H3,(H,19,20,21);/q;;+2/p-2. The maximum absolute atomic E-state index is 10.4. The average Bonchev–Trinajstić information content (AvgIpc) is 2.96. The predicted octanol–water partition coefficient (Wildman–Crippen LogP) is 11.6. The Kier molecular flexibility index (Phi) is 43.1. The summed E-state index contributed by atoms with van der Waals surface area (Å²) in [5.74, 6) is -0.378. The molecular weight excluding hydrogens is 658 g/mol. The van der Waals surface area contributed by atoms with Gasteiger partial charge in [-0.1, -0.05) is 206 Å². The van der Waals surface area contributed by atoms with E-state index in [2.05, 4.69) is 13.8 Å². The summed E-state index contributed by atoms with van der Waals surface area (Å²) in [6.45, 7) is 4.52. The van der Waals surface area contributed by atoms with Gasteiger partial charge in [0.1, 0.15) is 0 Å². The average molecular weight is 733 g/mol. The minimum Gasteiger partial charge on any atom is -0.748 e. The second-order valence-electron chi connectivity index (χ2n) is 13.1. The molecule has 0 bridgehead atoms. The minimum atomic E-state index is -3.99. The molecule has 0 rings (SSSR count). The topological polar surface area (TPSA) is 114 Å². The number of rotatable bonds is 34. The van der Waals surface area contributed by atoms with Gasteiger partial charge >= 0.3 is 19.5 Å². The summed E-state index contributed by atoms with van der Waals surface area (Å²) in [4.78, 5) is 0. The van der Waals surface area contributed by atoms with Crippen molar-refractivity contribution in [2.75, 3.05) is 11.5 Å². The third kappa shape index (κ3) is 54.2. The van der Waals surface area contributed by atoms with Crippen LogP contribution in [-0.4, -0.2) is 37.4 Å². The van der Waals surface area contributed by atoms with Crippen molar-refractivity contribution in [2.45, 2.75) is 219 Å². The van der Waals surface area contributed by atoms with Crippen molar-refractivity contribution < 1.29 is 45.4 Å². The molecule has 9 heteroatoms. The fourth-order valence-corrected chi connectivity index (χ4v) is 6.77. The molecule has 0 amide bonds. The first-order valence-electron chi connectivity index (χ1n) is 19.0. The van der Waals surface area contributed by atoms with Crippen molar-refractivity contribution in [1.29, 1.82) is 0 Å². The van der Waals surface area contributed by atoms with Crippen LogP contribution in [0.2, 0.25) is 0 Å². The molecule has 0 fully saturated rings. The van der Waals surface area contributed by atoms with E-state index in [1.165, 1.54) is 167 Å². The van der Waals surface area contributed by atoms with E-state index in [1.54, 1.807) is 0 Å². The largest absolute Gasteiger partial charge is 2.00 e. The van der Waals surface area contributed by atoms with Gasteiger partial charge in [0.25, 0.3) is 0 Å². The van der Waals surface area contributed by atoms with Crippen molar-refractivity contribution in [1.82, 2.24) is 0 Å². The van der Waals surface area contributed by atoms with Gasteiger partial charge < -0.3 is 9.11 Å². The first kappa shape index (κ1) is 49.8. The van der Waals surface area contributed by atoms with Crippen molar-refractivity contribution in [3.05, 3.63) is 0 Å². The Hall–Kier alpha value is 0.443. The van der Waals surface area contributed by atoms with Gasteiger partial charge in [-0.15, -0.1) is 0 Å². The van der Waals surface area contributed by atoms with Crippen molar-refractivity contribution in [2.24, 2.45) is 0 Å². The van der Waals surface area contributed by atoms with Crippen molar-refractivity contribution in [3.8, 4) is 0 Å². The van der Waals surface area contributed by atoms with E-state index in [0.29, 0.717) is 12.8 Å². The van der Waals surface area contributed by atoms with E-state index in [-0.39, 0.29) is 31.0 Å². The second-order valence-corrected chi connectivity index (χ2v) is 16.2. The van der Waals surface area contributed by atoms with Gasteiger partial charge in [0.05, 0.1) is 20.2 Å². The zero-order chi connectivity index (χ0) is 33.0. The smallest absolute Gasteiger partial charge is 0.748 e. The molecule has 0 atom stereocenters. The van der Waals surface area contributed by atoms with Gasteiger partial charge in [0.2, 0.25) is 0 Å². The summed E-state index contributed by atoms with van der Waals surface area (Å²) >= 11 is 0.